The van der Waals surface area contributed by atoms with E-state index in [9.17, 15) is 0 Å². The van der Waals surface area contributed by atoms with Crippen LogP contribution in [0.3, 0.4) is 0 Å². The van der Waals surface area contributed by atoms with E-state index in [1.165, 1.54) is 64.2 Å². The zero-order chi connectivity index (χ0) is 17.8. The second-order valence-electron chi connectivity index (χ2n) is 10.6. The van der Waals surface area contributed by atoms with Crippen molar-refractivity contribution in [1.29, 1.82) is 0 Å². The zero-order valence-electron chi connectivity index (χ0n) is 17.6. The minimum atomic E-state index is 1.00. The molecule has 5 unspecified atom stereocenters. The van der Waals surface area contributed by atoms with Crippen molar-refractivity contribution in [3.63, 3.8) is 0 Å². The fourth-order valence-electron chi connectivity index (χ4n) is 7.43. The van der Waals surface area contributed by atoms with Crippen molar-refractivity contribution in [2.24, 2.45) is 35.5 Å². The van der Waals surface area contributed by atoms with Crippen LogP contribution in [0.15, 0.2) is 11.6 Å². The van der Waals surface area contributed by atoms with Gasteiger partial charge in [-0.25, -0.2) is 0 Å². The molecular formula is C26H44. The van der Waals surface area contributed by atoms with E-state index in [1.807, 2.05) is 5.57 Å². The minimum Gasteiger partial charge on any atom is -0.0850 e. The van der Waals surface area contributed by atoms with E-state index in [4.69, 9.17) is 0 Å². The van der Waals surface area contributed by atoms with Crippen molar-refractivity contribution >= 4 is 0 Å². The van der Waals surface area contributed by atoms with Crippen LogP contribution in [0.1, 0.15) is 116 Å². The molecule has 0 saturated heterocycles. The topological polar surface area (TPSA) is 0 Å². The highest BCUT2D eigenvalue weighted by molar-refractivity contribution is 5.16. The quantitative estimate of drug-likeness (QED) is 0.318. The van der Waals surface area contributed by atoms with Crippen LogP contribution in [-0.2, 0) is 0 Å². The molecule has 0 bridgehead atoms. The maximum atomic E-state index is 2.62. The second kappa shape index (κ2) is 9.29. The van der Waals surface area contributed by atoms with Crippen LogP contribution in [0, 0.1) is 35.5 Å². The fourth-order valence-corrected chi connectivity index (χ4v) is 7.43. The van der Waals surface area contributed by atoms with Gasteiger partial charge in [-0.1, -0.05) is 82.8 Å². The summed E-state index contributed by atoms with van der Waals surface area (Å²) in [7, 11) is 0. The molecule has 0 aromatic rings. The maximum absolute atomic E-state index is 2.62. The molecule has 0 aliphatic heterocycles. The SMILES string of the molecule is CC1C(CCCCCC2CCCCC2)CCC1C1CCC2CCC=C2C1. The van der Waals surface area contributed by atoms with Gasteiger partial charge in [-0.15, -0.1) is 0 Å². The predicted molar refractivity (Wildman–Crippen MR) is 113 cm³/mol. The molecule has 0 spiro atoms. The molecule has 0 heteroatoms. The van der Waals surface area contributed by atoms with E-state index < -0.39 is 0 Å². The van der Waals surface area contributed by atoms with Crippen LogP contribution in [-0.4, -0.2) is 0 Å². The Hall–Kier alpha value is -0.260. The minimum absolute atomic E-state index is 1.00. The van der Waals surface area contributed by atoms with Crippen molar-refractivity contribution in [2.75, 3.05) is 0 Å². The molecule has 0 radical (unpaired) electrons. The highest BCUT2D eigenvalue weighted by Gasteiger charge is 2.39. The largest absolute Gasteiger partial charge is 0.0850 e. The second-order valence-corrected chi connectivity index (χ2v) is 10.6. The van der Waals surface area contributed by atoms with Crippen LogP contribution in [0.2, 0.25) is 0 Å². The summed E-state index contributed by atoms with van der Waals surface area (Å²) in [5.41, 5.74) is 1.87. The lowest BCUT2D eigenvalue weighted by molar-refractivity contribution is 0.195. The Morgan fingerprint density at radius 1 is 0.808 bits per heavy atom. The molecule has 4 rings (SSSR count). The van der Waals surface area contributed by atoms with Crippen molar-refractivity contribution in [1.82, 2.24) is 0 Å². The molecule has 0 nitrogen and oxygen atoms in total. The Kier molecular flexibility index (Phi) is 6.82. The molecule has 148 valence electrons. The molecule has 0 aromatic carbocycles. The van der Waals surface area contributed by atoms with Crippen LogP contribution in [0.5, 0.6) is 0 Å². The summed E-state index contributed by atoms with van der Waals surface area (Å²) < 4.78 is 0. The lowest BCUT2D eigenvalue weighted by atomic mass is 9.70. The molecule has 5 atom stereocenters. The number of allylic oxidation sites excluding steroid dienone is 2. The third kappa shape index (κ3) is 4.59. The summed E-state index contributed by atoms with van der Waals surface area (Å²) in [5, 5.41) is 0. The van der Waals surface area contributed by atoms with E-state index in [-0.39, 0.29) is 0 Å². The third-order valence-electron chi connectivity index (χ3n) is 9.14. The highest BCUT2D eigenvalue weighted by Crippen LogP contribution is 2.50. The molecule has 3 saturated carbocycles. The van der Waals surface area contributed by atoms with Crippen molar-refractivity contribution < 1.29 is 0 Å². The van der Waals surface area contributed by atoms with E-state index in [0.717, 1.165) is 35.5 Å². The first kappa shape index (κ1) is 19.1. The Morgan fingerprint density at radius 2 is 1.65 bits per heavy atom. The van der Waals surface area contributed by atoms with Crippen molar-refractivity contribution in [3.05, 3.63) is 11.6 Å². The molecule has 0 heterocycles. The van der Waals surface area contributed by atoms with Crippen LogP contribution >= 0.6 is 0 Å². The smallest absolute Gasteiger partial charge is 0.0200 e. The van der Waals surface area contributed by atoms with Gasteiger partial charge in [0.1, 0.15) is 0 Å². The molecule has 26 heavy (non-hydrogen) atoms. The fraction of sp³-hybridized carbons (Fsp3) is 0.923. The van der Waals surface area contributed by atoms with E-state index in [2.05, 4.69) is 13.0 Å². The normalized spacial score (nSPS) is 38.3. The number of fused-ring (bicyclic) bond motifs is 1. The van der Waals surface area contributed by atoms with Gasteiger partial charge in [-0.2, -0.15) is 0 Å². The average Bonchev–Trinajstić information content (AvgIpc) is 3.28. The van der Waals surface area contributed by atoms with Crippen molar-refractivity contribution in [2.45, 2.75) is 116 Å². The van der Waals surface area contributed by atoms with Crippen LogP contribution in [0.25, 0.3) is 0 Å². The Bertz CT molecular complexity index is 455. The van der Waals surface area contributed by atoms with Gasteiger partial charge in [0.15, 0.2) is 0 Å². The molecule has 4 aliphatic rings. The highest BCUT2D eigenvalue weighted by atomic mass is 14.4. The monoisotopic (exact) mass is 356 g/mol. The Morgan fingerprint density at radius 3 is 2.54 bits per heavy atom. The first-order valence-corrected chi connectivity index (χ1v) is 12.5. The van der Waals surface area contributed by atoms with Gasteiger partial charge >= 0.3 is 0 Å². The maximum Gasteiger partial charge on any atom is -0.0200 e. The van der Waals surface area contributed by atoms with E-state index >= 15 is 0 Å². The first-order valence-electron chi connectivity index (χ1n) is 12.5. The van der Waals surface area contributed by atoms with Gasteiger partial charge in [0, 0.05) is 0 Å². The third-order valence-corrected chi connectivity index (χ3v) is 9.14. The van der Waals surface area contributed by atoms with Gasteiger partial charge < -0.3 is 0 Å². The zero-order valence-corrected chi connectivity index (χ0v) is 17.6. The number of rotatable bonds is 7. The summed E-state index contributed by atoms with van der Waals surface area (Å²) in [4.78, 5) is 0. The lowest BCUT2D eigenvalue weighted by Gasteiger charge is -2.35. The Balaban J connectivity index is 1.14. The van der Waals surface area contributed by atoms with E-state index in [0.29, 0.717) is 0 Å². The standard InChI is InChI=1S/C26H44/c1-20-22(12-7-3-6-11-21-9-4-2-5-10-21)17-18-26(20)25-16-15-23-13-8-14-24(23)19-25/h14,20-23,25-26H,2-13,15-19H2,1H3. The predicted octanol–water partition coefficient (Wildman–Crippen LogP) is 8.32. The summed E-state index contributed by atoms with van der Waals surface area (Å²) in [5.74, 6) is 6.27. The summed E-state index contributed by atoms with van der Waals surface area (Å²) in [6.45, 7) is 2.62. The first-order chi connectivity index (χ1) is 12.8. The molecule has 3 fully saturated rings. The van der Waals surface area contributed by atoms with Crippen LogP contribution in [0.4, 0.5) is 0 Å². The number of unbranched alkanes of at least 4 members (excludes halogenated alkanes) is 2. The van der Waals surface area contributed by atoms with Crippen LogP contribution < -0.4 is 0 Å². The van der Waals surface area contributed by atoms with Crippen molar-refractivity contribution in [3.8, 4) is 0 Å². The van der Waals surface area contributed by atoms with Gasteiger partial charge in [-0.05, 0) is 80.5 Å². The van der Waals surface area contributed by atoms with E-state index in [1.54, 1.807) is 44.9 Å². The molecule has 0 aromatic heterocycles. The average molecular weight is 357 g/mol. The van der Waals surface area contributed by atoms with Gasteiger partial charge in [0.05, 0.1) is 0 Å². The summed E-state index contributed by atoms with van der Waals surface area (Å²) >= 11 is 0. The summed E-state index contributed by atoms with van der Waals surface area (Å²) in [6, 6.07) is 0. The van der Waals surface area contributed by atoms with Gasteiger partial charge in [0.2, 0.25) is 0 Å². The molecular weight excluding hydrogens is 312 g/mol. The summed E-state index contributed by atoms with van der Waals surface area (Å²) in [6.07, 6.45) is 28.4. The molecule has 4 aliphatic carbocycles. The number of hydrogen-bond acceptors (Lipinski definition) is 0. The number of hydrogen-bond donors (Lipinski definition) is 0. The van der Waals surface area contributed by atoms with Gasteiger partial charge in [-0.3, -0.25) is 0 Å². The molecule has 0 amide bonds. The van der Waals surface area contributed by atoms with Gasteiger partial charge in [0.25, 0.3) is 0 Å². The Labute approximate surface area is 163 Å². The lowest BCUT2D eigenvalue weighted by Crippen LogP contribution is -2.25. The molecule has 0 N–H and O–H groups in total.